The van der Waals surface area contributed by atoms with Crippen molar-refractivity contribution < 1.29 is 4.52 Å². The number of fused-ring (bicyclic) bond motifs is 1. The van der Waals surface area contributed by atoms with Crippen molar-refractivity contribution in [1.82, 2.24) is 25.3 Å². The normalized spacial score (nSPS) is 24.5. The Morgan fingerprint density at radius 2 is 1.95 bits per heavy atom. The molecule has 39 heavy (non-hydrogen) atoms. The van der Waals surface area contributed by atoms with Crippen LogP contribution >= 0.6 is 11.3 Å². The molecule has 0 amide bonds. The number of aromatic nitrogens is 3. The summed E-state index contributed by atoms with van der Waals surface area (Å²) in [7, 11) is 2.21. The van der Waals surface area contributed by atoms with Gasteiger partial charge in [-0.05, 0) is 52.1 Å². The van der Waals surface area contributed by atoms with E-state index in [-0.39, 0.29) is 5.54 Å². The average molecular weight is 546 g/mol. The minimum absolute atomic E-state index is 0.181. The van der Waals surface area contributed by atoms with Crippen LogP contribution in [-0.2, 0) is 11.8 Å². The number of rotatable bonds is 4. The summed E-state index contributed by atoms with van der Waals surface area (Å²) >= 11 is 1.52. The molecule has 204 valence electrons. The third-order valence-corrected chi connectivity index (χ3v) is 10.2. The number of thiophene rings is 1. The first-order valence-corrected chi connectivity index (χ1v) is 14.8. The summed E-state index contributed by atoms with van der Waals surface area (Å²) in [6.45, 7) is 8.98. The molecular weight excluding hydrogens is 510 g/mol. The quantitative estimate of drug-likeness (QED) is 0.506. The molecule has 3 N–H and O–H groups in total. The summed E-state index contributed by atoms with van der Waals surface area (Å²) in [4.78, 5) is 18.6. The lowest BCUT2D eigenvalue weighted by Crippen LogP contribution is -2.54. The molecule has 5 heterocycles. The summed E-state index contributed by atoms with van der Waals surface area (Å²) < 4.78 is 5.97. The van der Waals surface area contributed by atoms with E-state index < -0.39 is 5.41 Å². The van der Waals surface area contributed by atoms with Gasteiger partial charge in [-0.25, -0.2) is 4.98 Å². The first-order valence-electron chi connectivity index (χ1n) is 14.0. The number of nitrogens with zero attached hydrogens (tertiary/aromatic N) is 7. The Morgan fingerprint density at radius 1 is 1.13 bits per heavy atom. The van der Waals surface area contributed by atoms with Gasteiger partial charge in [-0.2, -0.15) is 10.2 Å². The minimum atomic E-state index is -0.549. The molecule has 3 aromatic rings. The molecule has 2 aliphatic heterocycles. The number of likely N-dealkylation sites (N-methyl/N-ethyl adjacent to an activating group) is 1. The van der Waals surface area contributed by atoms with Crippen LogP contribution in [0, 0.1) is 11.3 Å². The maximum absolute atomic E-state index is 9.88. The zero-order valence-corrected chi connectivity index (χ0v) is 23.5. The average Bonchev–Trinajstić information content (AvgIpc) is 3.35. The summed E-state index contributed by atoms with van der Waals surface area (Å²) in [5.41, 5.74) is 9.28. The van der Waals surface area contributed by atoms with Crippen molar-refractivity contribution in [2.24, 2.45) is 0 Å². The highest BCUT2D eigenvalue weighted by molar-refractivity contribution is 7.16. The Kier molecular flexibility index (Phi) is 5.84. The van der Waals surface area contributed by atoms with Gasteiger partial charge in [0.25, 0.3) is 0 Å². The number of pyridine rings is 1. The molecule has 7 rings (SSSR count). The van der Waals surface area contributed by atoms with Gasteiger partial charge in [0.2, 0.25) is 11.7 Å². The van der Waals surface area contributed by atoms with E-state index in [0.717, 1.165) is 92.7 Å². The monoisotopic (exact) mass is 545 g/mol. The Labute approximate surface area is 232 Å². The minimum Gasteiger partial charge on any atom is -0.389 e. The van der Waals surface area contributed by atoms with E-state index in [1.807, 2.05) is 0 Å². The van der Waals surface area contributed by atoms with E-state index in [9.17, 15) is 5.26 Å². The van der Waals surface area contributed by atoms with Crippen molar-refractivity contribution in [3.05, 3.63) is 34.0 Å². The SMILES string of the molecule is CN1CCN(c2cc(N3CCNCC3)cc(-c3noc(C4(C)CCCc5sc(N)c(C#N)c54)n3)n2)C2(CC2)C1. The molecule has 4 aliphatic rings. The van der Waals surface area contributed by atoms with Crippen LogP contribution in [0.5, 0.6) is 0 Å². The van der Waals surface area contributed by atoms with Crippen molar-refractivity contribution in [1.29, 1.82) is 5.26 Å². The van der Waals surface area contributed by atoms with Crippen molar-refractivity contribution in [2.75, 3.05) is 68.4 Å². The highest BCUT2D eigenvalue weighted by Crippen LogP contribution is 2.49. The van der Waals surface area contributed by atoms with E-state index in [1.54, 1.807) is 0 Å². The van der Waals surface area contributed by atoms with Gasteiger partial charge in [0.15, 0.2) is 0 Å². The van der Waals surface area contributed by atoms with Crippen molar-refractivity contribution in [2.45, 2.75) is 50.0 Å². The van der Waals surface area contributed by atoms with E-state index in [0.29, 0.717) is 22.3 Å². The summed E-state index contributed by atoms with van der Waals surface area (Å²) in [6, 6.07) is 6.70. The maximum Gasteiger partial charge on any atom is 0.237 e. The number of nitrogens with two attached hydrogens (primary N) is 1. The standard InChI is InChI=1S/C28H35N9OS/c1-27(5-3-4-21-23(27)19(16-29)24(30)39-21)26-33-25(34-38-26)20-14-18(36-10-8-31-9-11-36)15-22(32-20)37-13-12-35(2)17-28(37)6-7-28/h14-15,31H,3-13,17,30H2,1-2H3. The largest absolute Gasteiger partial charge is 0.389 e. The van der Waals surface area contributed by atoms with E-state index >= 15 is 0 Å². The molecule has 11 heteroatoms. The summed E-state index contributed by atoms with van der Waals surface area (Å²) in [5, 5.41) is 18.4. The predicted octanol–water partition coefficient (Wildman–Crippen LogP) is 2.98. The van der Waals surface area contributed by atoms with Gasteiger partial charge in [0.1, 0.15) is 22.6 Å². The van der Waals surface area contributed by atoms with Gasteiger partial charge in [-0.1, -0.05) is 5.16 Å². The Balaban J connectivity index is 1.29. The molecule has 2 aliphatic carbocycles. The number of nitrogens with one attached hydrogen (secondary N) is 1. The lowest BCUT2D eigenvalue weighted by molar-refractivity contribution is 0.256. The fraction of sp³-hybridized carbons (Fsp3) is 0.571. The number of anilines is 3. The third-order valence-electron chi connectivity index (χ3n) is 9.10. The van der Waals surface area contributed by atoms with Gasteiger partial charge in [-0.15, -0.1) is 11.3 Å². The fourth-order valence-electron chi connectivity index (χ4n) is 6.83. The smallest absolute Gasteiger partial charge is 0.237 e. The van der Waals surface area contributed by atoms with Gasteiger partial charge in [0.05, 0.1) is 16.5 Å². The van der Waals surface area contributed by atoms with E-state index in [1.165, 1.54) is 24.2 Å². The second-order valence-electron chi connectivity index (χ2n) is 11.8. The van der Waals surface area contributed by atoms with Crippen molar-refractivity contribution >= 4 is 27.8 Å². The molecule has 0 bridgehead atoms. The predicted molar refractivity (Wildman–Crippen MR) is 152 cm³/mol. The molecule has 10 nitrogen and oxygen atoms in total. The first-order chi connectivity index (χ1) is 18.9. The lowest BCUT2D eigenvalue weighted by atomic mass is 9.72. The zero-order chi connectivity index (χ0) is 26.8. The zero-order valence-electron chi connectivity index (χ0n) is 22.7. The molecular formula is C28H35N9OS. The first kappa shape index (κ1) is 24.8. The number of aryl methyl sites for hydroxylation is 1. The van der Waals surface area contributed by atoms with Crippen LogP contribution in [0.2, 0.25) is 0 Å². The van der Waals surface area contributed by atoms with Crippen molar-refractivity contribution in [3.63, 3.8) is 0 Å². The molecule has 1 atom stereocenters. The molecule has 1 spiro atoms. The molecule has 3 fully saturated rings. The lowest BCUT2D eigenvalue weighted by Gasteiger charge is -2.42. The number of nitriles is 1. The van der Waals surface area contributed by atoms with Gasteiger partial charge >= 0.3 is 0 Å². The number of hydrogen-bond donors (Lipinski definition) is 2. The van der Waals surface area contributed by atoms with E-state index in [2.05, 4.69) is 57.3 Å². The number of nitrogen functional groups attached to an aromatic ring is 1. The summed E-state index contributed by atoms with van der Waals surface area (Å²) in [5.74, 6) is 2.03. The van der Waals surface area contributed by atoms with Crippen molar-refractivity contribution in [3.8, 4) is 17.6 Å². The molecule has 0 radical (unpaired) electrons. The Bertz CT molecular complexity index is 1450. The molecule has 0 aromatic carbocycles. The molecule has 1 saturated carbocycles. The summed E-state index contributed by atoms with van der Waals surface area (Å²) in [6.07, 6.45) is 5.13. The Hall–Kier alpha value is -3.20. The maximum atomic E-state index is 9.88. The van der Waals surface area contributed by atoms with Gasteiger partial charge in [-0.3, -0.25) is 0 Å². The molecule has 1 unspecified atom stereocenters. The van der Waals surface area contributed by atoms with Crippen LogP contribution in [0.3, 0.4) is 0 Å². The second-order valence-corrected chi connectivity index (χ2v) is 12.9. The van der Waals surface area contributed by atoms with Gasteiger partial charge in [0, 0.05) is 68.0 Å². The van der Waals surface area contributed by atoms with Crippen LogP contribution in [0.25, 0.3) is 11.5 Å². The molecule has 2 saturated heterocycles. The van der Waals surface area contributed by atoms with Gasteiger partial charge < -0.3 is 30.3 Å². The number of piperazine rings is 2. The van der Waals surface area contributed by atoms with E-state index in [4.69, 9.17) is 20.2 Å². The topological polar surface area (TPSA) is 123 Å². The highest BCUT2D eigenvalue weighted by atomic mass is 32.1. The van der Waals surface area contributed by atoms with Crippen LogP contribution in [-0.4, -0.2) is 78.4 Å². The Morgan fingerprint density at radius 3 is 2.72 bits per heavy atom. The van der Waals surface area contributed by atoms with Crippen LogP contribution < -0.4 is 20.9 Å². The third kappa shape index (κ3) is 4.08. The molecule has 3 aromatic heterocycles. The number of hydrogen-bond acceptors (Lipinski definition) is 11. The second kappa shape index (κ2) is 9.18. The van der Waals surface area contributed by atoms with Crippen LogP contribution in [0.1, 0.15) is 54.5 Å². The highest BCUT2D eigenvalue weighted by Gasteiger charge is 2.51. The van der Waals surface area contributed by atoms with Crippen LogP contribution in [0.4, 0.5) is 16.5 Å². The van der Waals surface area contributed by atoms with Crippen LogP contribution in [0.15, 0.2) is 16.7 Å². The fourth-order valence-corrected chi connectivity index (χ4v) is 8.02.